The molecule has 1 aliphatic carbocycles. The second kappa shape index (κ2) is 7.62. The van der Waals surface area contributed by atoms with Crippen LogP contribution in [0.3, 0.4) is 0 Å². The van der Waals surface area contributed by atoms with E-state index in [4.69, 9.17) is 10.5 Å². The van der Waals surface area contributed by atoms with Crippen LogP contribution in [0.2, 0.25) is 0 Å². The molecule has 1 aliphatic heterocycles. The fourth-order valence-corrected chi connectivity index (χ4v) is 3.43. The number of carbonyl (C=O) groups excluding carboxylic acids is 1. The highest BCUT2D eigenvalue weighted by Gasteiger charge is 2.36. The van der Waals surface area contributed by atoms with E-state index < -0.39 is 0 Å². The summed E-state index contributed by atoms with van der Waals surface area (Å²) in [6.07, 6.45) is 6.74. The first-order valence-corrected chi connectivity index (χ1v) is 7.67. The number of halogens is 1. The largest absolute Gasteiger partial charge is 0.375 e. The molecular formula is C15H29ClN2O2. The molecule has 2 rings (SSSR count). The Morgan fingerprint density at radius 3 is 2.55 bits per heavy atom. The maximum atomic E-state index is 12.6. The van der Waals surface area contributed by atoms with Crippen LogP contribution in [0.4, 0.5) is 0 Å². The van der Waals surface area contributed by atoms with Gasteiger partial charge in [0.15, 0.2) is 0 Å². The maximum absolute atomic E-state index is 12.6. The highest BCUT2D eigenvalue weighted by atomic mass is 35.5. The number of hydrogen-bond acceptors (Lipinski definition) is 3. The minimum atomic E-state index is 0. The zero-order valence-electron chi connectivity index (χ0n) is 12.8. The summed E-state index contributed by atoms with van der Waals surface area (Å²) in [5.41, 5.74) is 6.05. The number of nitrogens with zero attached hydrogens (tertiary/aromatic N) is 1. The average molecular weight is 305 g/mol. The number of nitrogens with two attached hydrogens (primary N) is 1. The van der Waals surface area contributed by atoms with E-state index in [1.807, 2.05) is 11.8 Å². The molecule has 1 saturated heterocycles. The van der Waals surface area contributed by atoms with Crippen molar-refractivity contribution in [3.8, 4) is 0 Å². The van der Waals surface area contributed by atoms with Crippen molar-refractivity contribution in [1.82, 2.24) is 4.90 Å². The van der Waals surface area contributed by atoms with E-state index in [1.165, 1.54) is 19.3 Å². The van der Waals surface area contributed by atoms with E-state index in [1.54, 1.807) is 0 Å². The van der Waals surface area contributed by atoms with Crippen LogP contribution in [0.15, 0.2) is 0 Å². The monoisotopic (exact) mass is 304 g/mol. The Hall–Kier alpha value is -0.320. The zero-order valence-corrected chi connectivity index (χ0v) is 13.6. The summed E-state index contributed by atoms with van der Waals surface area (Å²) in [6.45, 7) is 6.13. The van der Waals surface area contributed by atoms with Gasteiger partial charge in [-0.15, -0.1) is 12.4 Å². The molecule has 0 radical (unpaired) electrons. The summed E-state index contributed by atoms with van der Waals surface area (Å²) >= 11 is 0. The van der Waals surface area contributed by atoms with Gasteiger partial charge in [0.05, 0.1) is 18.8 Å². The number of hydrogen-bond donors (Lipinski definition) is 1. The van der Waals surface area contributed by atoms with E-state index in [0.29, 0.717) is 19.6 Å². The number of carbonyl (C=O) groups is 1. The lowest BCUT2D eigenvalue weighted by Gasteiger charge is -2.41. The SMILES string of the molecule is CC1CN(C(=O)CC2(CN)CCCCC2)C(C)CO1.Cl. The number of morpholine rings is 1. The molecule has 5 heteroatoms. The van der Waals surface area contributed by atoms with Crippen LogP contribution in [0.5, 0.6) is 0 Å². The lowest BCUT2D eigenvalue weighted by molar-refractivity contribution is -0.146. The molecule has 4 nitrogen and oxygen atoms in total. The van der Waals surface area contributed by atoms with Gasteiger partial charge in [-0.05, 0) is 38.6 Å². The van der Waals surface area contributed by atoms with Crippen molar-refractivity contribution >= 4 is 18.3 Å². The first-order chi connectivity index (χ1) is 9.06. The third kappa shape index (κ3) is 4.09. The van der Waals surface area contributed by atoms with Crippen molar-refractivity contribution in [1.29, 1.82) is 0 Å². The van der Waals surface area contributed by atoms with Crippen LogP contribution in [0, 0.1) is 5.41 Å². The summed E-state index contributed by atoms with van der Waals surface area (Å²) in [7, 11) is 0. The molecule has 0 aromatic rings. The molecule has 1 saturated carbocycles. The molecular weight excluding hydrogens is 276 g/mol. The highest BCUT2D eigenvalue weighted by Crippen LogP contribution is 2.39. The lowest BCUT2D eigenvalue weighted by Crippen LogP contribution is -2.52. The van der Waals surface area contributed by atoms with Crippen molar-refractivity contribution in [2.45, 2.75) is 64.5 Å². The molecule has 1 amide bonds. The molecule has 0 aromatic carbocycles. The Kier molecular flexibility index (Phi) is 6.76. The maximum Gasteiger partial charge on any atom is 0.223 e. The van der Waals surface area contributed by atoms with Crippen molar-refractivity contribution in [2.75, 3.05) is 19.7 Å². The Labute approximate surface area is 128 Å². The van der Waals surface area contributed by atoms with Gasteiger partial charge in [0.2, 0.25) is 5.91 Å². The summed E-state index contributed by atoms with van der Waals surface area (Å²) in [5, 5.41) is 0. The predicted molar refractivity (Wildman–Crippen MR) is 83.0 cm³/mol. The van der Waals surface area contributed by atoms with E-state index in [9.17, 15) is 4.79 Å². The predicted octanol–water partition coefficient (Wildman–Crippen LogP) is 2.34. The van der Waals surface area contributed by atoms with E-state index >= 15 is 0 Å². The van der Waals surface area contributed by atoms with Crippen LogP contribution in [-0.4, -0.2) is 42.6 Å². The molecule has 0 bridgehead atoms. The standard InChI is InChI=1S/C15H28N2O2.ClH/c1-12-10-19-13(2)9-17(12)14(18)8-15(11-16)6-4-3-5-7-15;/h12-13H,3-11,16H2,1-2H3;1H. The molecule has 2 unspecified atom stereocenters. The van der Waals surface area contributed by atoms with Gasteiger partial charge >= 0.3 is 0 Å². The Morgan fingerprint density at radius 2 is 1.95 bits per heavy atom. The summed E-state index contributed by atoms with van der Waals surface area (Å²) in [4.78, 5) is 14.6. The van der Waals surface area contributed by atoms with Crippen LogP contribution >= 0.6 is 12.4 Å². The molecule has 1 heterocycles. The topological polar surface area (TPSA) is 55.6 Å². The first kappa shape index (κ1) is 17.7. The second-order valence-corrected chi connectivity index (χ2v) is 6.48. The molecule has 2 atom stereocenters. The zero-order chi connectivity index (χ0) is 13.9. The fourth-order valence-electron chi connectivity index (χ4n) is 3.43. The van der Waals surface area contributed by atoms with E-state index in [0.717, 1.165) is 19.4 Å². The van der Waals surface area contributed by atoms with E-state index in [-0.39, 0.29) is 35.9 Å². The molecule has 2 aliphatic rings. The van der Waals surface area contributed by atoms with Gasteiger partial charge < -0.3 is 15.4 Å². The first-order valence-electron chi connectivity index (χ1n) is 7.67. The fraction of sp³-hybridized carbons (Fsp3) is 0.933. The molecule has 118 valence electrons. The van der Waals surface area contributed by atoms with Gasteiger partial charge in [-0.1, -0.05) is 19.3 Å². The van der Waals surface area contributed by atoms with Gasteiger partial charge in [-0.25, -0.2) is 0 Å². The van der Waals surface area contributed by atoms with E-state index in [2.05, 4.69) is 6.92 Å². The normalized spacial score (nSPS) is 29.6. The van der Waals surface area contributed by atoms with Crippen molar-refractivity contribution in [2.24, 2.45) is 11.1 Å². The van der Waals surface area contributed by atoms with Crippen molar-refractivity contribution in [3.05, 3.63) is 0 Å². The van der Waals surface area contributed by atoms with Crippen molar-refractivity contribution in [3.63, 3.8) is 0 Å². The number of rotatable bonds is 3. The Morgan fingerprint density at radius 1 is 1.30 bits per heavy atom. The van der Waals surface area contributed by atoms with Gasteiger partial charge in [-0.2, -0.15) is 0 Å². The van der Waals surface area contributed by atoms with Gasteiger partial charge in [0, 0.05) is 13.0 Å². The highest BCUT2D eigenvalue weighted by molar-refractivity contribution is 5.85. The third-order valence-electron chi connectivity index (χ3n) is 4.80. The quantitative estimate of drug-likeness (QED) is 0.871. The van der Waals surface area contributed by atoms with Gasteiger partial charge in [0.25, 0.3) is 0 Å². The second-order valence-electron chi connectivity index (χ2n) is 6.48. The molecule has 20 heavy (non-hydrogen) atoms. The summed E-state index contributed by atoms with van der Waals surface area (Å²) in [6, 6.07) is 0.196. The number of amides is 1. The molecule has 2 fully saturated rings. The van der Waals surface area contributed by atoms with Crippen LogP contribution in [-0.2, 0) is 9.53 Å². The summed E-state index contributed by atoms with van der Waals surface area (Å²) in [5.74, 6) is 0.273. The summed E-state index contributed by atoms with van der Waals surface area (Å²) < 4.78 is 5.59. The van der Waals surface area contributed by atoms with Crippen LogP contribution in [0.1, 0.15) is 52.4 Å². The lowest BCUT2D eigenvalue weighted by atomic mass is 9.71. The Bertz CT molecular complexity index is 319. The third-order valence-corrected chi connectivity index (χ3v) is 4.80. The molecule has 2 N–H and O–H groups in total. The Balaban J connectivity index is 0.00000200. The van der Waals surface area contributed by atoms with Crippen LogP contribution < -0.4 is 5.73 Å². The van der Waals surface area contributed by atoms with Gasteiger partial charge in [0.1, 0.15) is 0 Å². The number of ether oxygens (including phenoxy) is 1. The average Bonchev–Trinajstić information content (AvgIpc) is 2.42. The molecule has 0 spiro atoms. The van der Waals surface area contributed by atoms with Gasteiger partial charge in [-0.3, -0.25) is 4.79 Å². The minimum Gasteiger partial charge on any atom is -0.375 e. The molecule has 0 aromatic heterocycles. The smallest absolute Gasteiger partial charge is 0.223 e. The van der Waals surface area contributed by atoms with Crippen LogP contribution in [0.25, 0.3) is 0 Å². The van der Waals surface area contributed by atoms with Crippen molar-refractivity contribution < 1.29 is 9.53 Å². The minimum absolute atomic E-state index is 0.